The molecule has 0 fully saturated rings. The van der Waals surface area contributed by atoms with Crippen molar-refractivity contribution in [3.8, 4) is 0 Å². The van der Waals surface area contributed by atoms with Crippen LogP contribution < -0.4 is 16.0 Å². The number of amides is 3. The highest BCUT2D eigenvalue weighted by molar-refractivity contribution is 5.94. The Kier molecular flexibility index (Phi) is 5.44. The van der Waals surface area contributed by atoms with Gasteiger partial charge in [-0.3, -0.25) is 14.9 Å². The van der Waals surface area contributed by atoms with E-state index in [2.05, 4.69) is 16.0 Å². The molecule has 0 bridgehead atoms. The van der Waals surface area contributed by atoms with E-state index in [1.165, 1.54) is 20.9 Å². The third kappa shape index (κ3) is 5.30. The van der Waals surface area contributed by atoms with Crippen LogP contribution in [0.15, 0.2) is 0 Å². The molecule has 92 valence electrons. The molecule has 16 heavy (non-hydrogen) atoms. The molecule has 0 aromatic heterocycles. The first-order chi connectivity index (χ1) is 7.29. The molecule has 0 aromatic carbocycles. The number of urea groups is 1. The van der Waals surface area contributed by atoms with Gasteiger partial charge in [0.05, 0.1) is 0 Å². The van der Waals surface area contributed by atoms with Crippen molar-refractivity contribution in [1.29, 1.82) is 0 Å². The molecule has 0 aromatic rings. The van der Waals surface area contributed by atoms with E-state index < -0.39 is 23.4 Å². The molecule has 0 atom stereocenters. The van der Waals surface area contributed by atoms with E-state index in [0.29, 0.717) is 0 Å². The summed E-state index contributed by atoms with van der Waals surface area (Å²) >= 11 is 0. The number of carboxylic acids is 1. The van der Waals surface area contributed by atoms with Crippen molar-refractivity contribution in [2.75, 3.05) is 13.6 Å². The first-order valence-corrected chi connectivity index (χ1v) is 4.79. The van der Waals surface area contributed by atoms with Gasteiger partial charge in [-0.15, -0.1) is 0 Å². The van der Waals surface area contributed by atoms with Crippen molar-refractivity contribution in [1.82, 2.24) is 16.0 Å². The predicted molar refractivity (Wildman–Crippen MR) is 56.9 cm³/mol. The Morgan fingerprint density at radius 2 is 1.81 bits per heavy atom. The zero-order valence-electron chi connectivity index (χ0n) is 9.59. The number of aliphatic carboxylic acids is 1. The van der Waals surface area contributed by atoms with Crippen LogP contribution in [0, 0.1) is 0 Å². The second kappa shape index (κ2) is 6.06. The molecule has 3 amide bonds. The van der Waals surface area contributed by atoms with Crippen molar-refractivity contribution in [3.05, 3.63) is 0 Å². The number of hydrogen-bond donors (Lipinski definition) is 4. The third-order valence-electron chi connectivity index (χ3n) is 1.93. The molecule has 4 N–H and O–H groups in total. The second-order valence-corrected chi connectivity index (χ2v) is 3.73. The maximum absolute atomic E-state index is 11.1. The minimum absolute atomic E-state index is 0.0319. The van der Waals surface area contributed by atoms with Gasteiger partial charge in [-0.2, -0.15) is 0 Å². The zero-order chi connectivity index (χ0) is 12.8. The Balaban J connectivity index is 3.87. The first-order valence-electron chi connectivity index (χ1n) is 4.79. The molecule has 0 radical (unpaired) electrons. The Hall–Kier alpha value is -1.63. The van der Waals surface area contributed by atoms with Gasteiger partial charge in [-0.1, -0.05) is 0 Å². The molecule has 0 aliphatic heterocycles. The summed E-state index contributed by atoms with van der Waals surface area (Å²) < 4.78 is 0. The van der Waals surface area contributed by atoms with Crippen LogP contribution in [0.1, 0.15) is 20.3 Å². The maximum Gasteiger partial charge on any atom is 0.323 e. The summed E-state index contributed by atoms with van der Waals surface area (Å²) in [6.45, 7) is 3.17. The van der Waals surface area contributed by atoms with Crippen LogP contribution in [0.2, 0.25) is 0 Å². The largest absolute Gasteiger partial charge is 0.480 e. The van der Waals surface area contributed by atoms with E-state index in [-0.39, 0.29) is 13.0 Å². The van der Waals surface area contributed by atoms with E-state index in [4.69, 9.17) is 5.11 Å². The normalized spacial score (nSPS) is 10.7. The first kappa shape index (κ1) is 14.4. The number of nitrogens with one attached hydrogen (secondary N) is 3. The Morgan fingerprint density at radius 3 is 2.25 bits per heavy atom. The van der Waals surface area contributed by atoms with Crippen LogP contribution in [0.3, 0.4) is 0 Å². The number of carboxylic acid groups (broad SMARTS) is 1. The lowest BCUT2D eigenvalue weighted by molar-refractivity contribution is -0.143. The Labute approximate surface area is 93.6 Å². The molecular formula is C9H17N3O4. The van der Waals surface area contributed by atoms with Crippen LogP contribution >= 0.6 is 0 Å². The average Bonchev–Trinajstić information content (AvgIpc) is 2.16. The number of carbonyl (C=O) groups excluding carboxylic acids is 2. The molecule has 0 rings (SSSR count). The fourth-order valence-electron chi connectivity index (χ4n) is 0.816. The minimum atomic E-state index is -1.09. The van der Waals surface area contributed by atoms with Crippen LogP contribution in [0.4, 0.5) is 4.79 Å². The molecular weight excluding hydrogens is 214 g/mol. The van der Waals surface area contributed by atoms with E-state index in [0.717, 1.165) is 0 Å². The summed E-state index contributed by atoms with van der Waals surface area (Å²) in [5.74, 6) is -1.47. The van der Waals surface area contributed by atoms with E-state index in [1.54, 1.807) is 0 Å². The molecule has 0 aliphatic rings. The lowest BCUT2D eigenvalue weighted by Crippen LogP contribution is -2.48. The van der Waals surface area contributed by atoms with Crippen LogP contribution in [-0.4, -0.2) is 42.1 Å². The van der Waals surface area contributed by atoms with Crippen LogP contribution in [0.25, 0.3) is 0 Å². The summed E-state index contributed by atoms with van der Waals surface area (Å²) in [4.78, 5) is 32.5. The van der Waals surface area contributed by atoms with E-state index in [1.807, 2.05) is 0 Å². The van der Waals surface area contributed by atoms with Crippen molar-refractivity contribution >= 4 is 17.9 Å². The predicted octanol–water partition coefficient (Wildman–Crippen LogP) is -0.715. The van der Waals surface area contributed by atoms with Gasteiger partial charge in [0.1, 0.15) is 5.54 Å². The molecule has 0 heterocycles. The standard InChI is InChI=1S/C9H17N3O4/c1-9(2,7(14)15)11-5-4-6(13)12-8(16)10-3/h11H,4-5H2,1-3H3,(H,14,15)(H2,10,12,13,16). The molecule has 0 unspecified atom stereocenters. The number of hydrogen-bond acceptors (Lipinski definition) is 4. The molecule has 0 saturated carbocycles. The summed E-state index contributed by atoms with van der Waals surface area (Å²) in [5, 5.41) is 15.8. The summed E-state index contributed by atoms with van der Waals surface area (Å²) in [6, 6.07) is -0.581. The molecule has 0 saturated heterocycles. The van der Waals surface area contributed by atoms with Gasteiger partial charge in [0.2, 0.25) is 5.91 Å². The summed E-state index contributed by atoms with van der Waals surface area (Å²) in [6.07, 6.45) is 0.0319. The van der Waals surface area contributed by atoms with Crippen molar-refractivity contribution in [3.63, 3.8) is 0 Å². The average molecular weight is 231 g/mol. The van der Waals surface area contributed by atoms with Gasteiger partial charge < -0.3 is 15.7 Å². The summed E-state index contributed by atoms with van der Waals surface area (Å²) in [5.41, 5.74) is -1.09. The number of carbonyl (C=O) groups is 3. The monoisotopic (exact) mass is 231 g/mol. The third-order valence-corrected chi connectivity index (χ3v) is 1.93. The van der Waals surface area contributed by atoms with Gasteiger partial charge in [-0.05, 0) is 13.8 Å². The fourth-order valence-corrected chi connectivity index (χ4v) is 0.816. The maximum atomic E-state index is 11.1. The Morgan fingerprint density at radius 1 is 1.25 bits per heavy atom. The number of imide groups is 1. The minimum Gasteiger partial charge on any atom is -0.480 e. The number of rotatable bonds is 5. The Bertz CT molecular complexity index is 288. The quantitative estimate of drug-likeness (QED) is 0.499. The van der Waals surface area contributed by atoms with Crippen molar-refractivity contribution < 1.29 is 19.5 Å². The summed E-state index contributed by atoms with van der Waals surface area (Å²) in [7, 11) is 1.40. The lowest BCUT2D eigenvalue weighted by Gasteiger charge is -2.20. The SMILES string of the molecule is CNC(=O)NC(=O)CCNC(C)(C)C(=O)O. The highest BCUT2D eigenvalue weighted by Crippen LogP contribution is 2.01. The van der Waals surface area contributed by atoms with Crippen molar-refractivity contribution in [2.45, 2.75) is 25.8 Å². The van der Waals surface area contributed by atoms with Crippen LogP contribution in [0.5, 0.6) is 0 Å². The van der Waals surface area contributed by atoms with Crippen molar-refractivity contribution in [2.24, 2.45) is 0 Å². The van der Waals surface area contributed by atoms with E-state index in [9.17, 15) is 14.4 Å². The van der Waals surface area contributed by atoms with Gasteiger partial charge in [0, 0.05) is 20.0 Å². The zero-order valence-corrected chi connectivity index (χ0v) is 9.59. The topological polar surface area (TPSA) is 108 Å². The smallest absolute Gasteiger partial charge is 0.323 e. The lowest BCUT2D eigenvalue weighted by atomic mass is 10.1. The van der Waals surface area contributed by atoms with Gasteiger partial charge >= 0.3 is 12.0 Å². The second-order valence-electron chi connectivity index (χ2n) is 3.73. The highest BCUT2D eigenvalue weighted by Gasteiger charge is 2.25. The van der Waals surface area contributed by atoms with E-state index >= 15 is 0 Å². The van der Waals surface area contributed by atoms with Gasteiger partial charge in [-0.25, -0.2) is 4.79 Å². The van der Waals surface area contributed by atoms with Crippen LogP contribution in [-0.2, 0) is 9.59 Å². The molecule has 7 heteroatoms. The van der Waals surface area contributed by atoms with Gasteiger partial charge in [0.25, 0.3) is 0 Å². The highest BCUT2D eigenvalue weighted by atomic mass is 16.4. The van der Waals surface area contributed by atoms with Gasteiger partial charge in [0.15, 0.2) is 0 Å². The molecule has 0 aliphatic carbocycles. The fraction of sp³-hybridized carbons (Fsp3) is 0.667. The molecule has 0 spiro atoms. The molecule has 7 nitrogen and oxygen atoms in total.